The molecule has 0 aliphatic heterocycles. The van der Waals surface area contributed by atoms with Gasteiger partial charge in [-0.25, -0.2) is 9.59 Å². The maximum Gasteiger partial charge on any atom is 0.335 e. The minimum Gasteiger partial charge on any atom is -0.478 e. The van der Waals surface area contributed by atoms with Crippen LogP contribution in [0.4, 0.5) is 10.5 Å². The van der Waals surface area contributed by atoms with Crippen molar-refractivity contribution < 1.29 is 14.7 Å². The van der Waals surface area contributed by atoms with E-state index in [1.165, 1.54) is 18.2 Å². The summed E-state index contributed by atoms with van der Waals surface area (Å²) in [5.74, 6) is -1.09. The van der Waals surface area contributed by atoms with E-state index in [-0.39, 0.29) is 22.8 Å². The van der Waals surface area contributed by atoms with E-state index in [9.17, 15) is 9.59 Å². The number of carbonyl (C=O) groups excluding carboxylic acids is 1. The van der Waals surface area contributed by atoms with Gasteiger partial charge in [-0.05, 0) is 18.2 Å². The Kier molecular flexibility index (Phi) is 5.18. The Hall–Kier alpha value is -1.53. The van der Waals surface area contributed by atoms with Gasteiger partial charge in [0.25, 0.3) is 0 Å². The molecule has 0 aliphatic rings. The summed E-state index contributed by atoms with van der Waals surface area (Å²) in [6.45, 7) is 3.81. The highest BCUT2D eigenvalue weighted by molar-refractivity contribution is 9.11. The van der Waals surface area contributed by atoms with Crippen molar-refractivity contribution in [1.29, 1.82) is 0 Å². The topological polar surface area (TPSA) is 78.4 Å². The number of anilines is 1. The third kappa shape index (κ3) is 4.38. The highest BCUT2D eigenvalue weighted by atomic mass is 79.9. The summed E-state index contributed by atoms with van der Waals surface area (Å²) in [6, 6.07) is 3.55. The fourth-order valence-corrected chi connectivity index (χ4v) is 1.40. The summed E-state index contributed by atoms with van der Waals surface area (Å²) in [5.41, 5.74) is 0.272. The molecule has 0 atom stereocenters. The molecule has 0 radical (unpaired) electrons. The molecule has 0 saturated carbocycles. The van der Waals surface area contributed by atoms with E-state index in [1.807, 2.05) is 0 Å². The van der Waals surface area contributed by atoms with Crippen LogP contribution in [0.3, 0.4) is 0 Å². The van der Waals surface area contributed by atoms with Gasteiger partial charge in [0.2, 0.25) is 0 Å². The van der Waals surface area contributed by atoms with E-state index in [1.54, 1.807) is 0 Å². The zero-order valence-electron chi connectivity index (χ0n) is 9.17. The molecule has 0 bridgehead atoms. The Bertz CT molecular complexity index is 505. The largest absolute Gasteiger partial charge is 0.478 e. The number of amides is 2. The number of carboxylic acid groups (broad SMARTS) is 1. The van der Waals surface area contributed by atoms with Crippen molar-refractivity contribution in [2.24, 2.45) is 0 Å². The van der Waals surface area contributed by atoms with Crippen LogP contribution in [-0.2, 0) is 0 Å². The summed E-state index contributed by atoms with van der Waals surface area (Å²) < 4.78 is 0.614. The molecule has 96 valence electrons. The first-order chi connectivity index (χ1) is 8.40. The molecule has 0 fully saturated rings. The van der Waals surface area contributed by atoms with E-state index < -0.39 is 12.0 Å². The Morgan fingerprint density at radius 2 is 2.11 bits per heavy atom. The van der Waals surface area contributed by atoms with Crippen LogP contribution in [0.1, 0.15) is 10.4 Å². The molecule has 18 heavy (non-hydrogen) atoms. The second-order valence-corrected chi connectivity index (χ2v) is 4.85. The first-order valence-corrected chi connectivity index (χ1v) is 5.98. The van der Waals surface area contributed by atoms with Gasteiger partial charge in [0.15, 0.2) is 0 Å². The van der Waals surface area contributed by atoms with Gasteiger partial charge in [-0.1, -0.05) is 34.1 Å². The Morgan fingerprint density at radius 1 is 1.44 bits per heavy atom. The highest BCUT2D eigenvalue weighted by Crippen LogP contribution is 2.22. The Labute approximate surface area is 117 Å². The van der Waals surface area contributed by atoms with E-state index in [4.69, 9.17) is 16.7 Å². The van der Waals surface area contributed by atoms with Crippen LogP contribution in [0.5, 0.6) is 0 Å². The van der Waals surface area contributed by atoms with Crippen molar-refractivity contribution in [1.82, 2.24) is 5.32 Å². The van der Waals surface area contributed by atoms with Crippen LogP contribution >= 0.6 is 27.5 Å². The second kappa shape index (κ2) is 6.42. The second-order valence-electron chi connectivity index (χ2n) is 3.32. The van der Waals surface area contributed by atoms with Gasteiger partial charge < -0.3 is 15.7 Å². The van der Waals surface area contributed by atoms with Crippen molar-refractivity contribution in [2.75, 3.05) is 11.9 Å². The molecule has 0 aliphatic carbocycles. The molecule has 0 spiro atoms. The van der Waals surface area contributed by atoms with Crippen LogP contribution in [0.2, 0.25) is 5.02 Å². The number of hydrogen-bond donors (Lipinski definition) is 3. The van der Waals surface area contributed by atoms with Crippen LogP contribution in [0.25, 0.3) is 0 Å². The molecule has 0 aromatic heterocycles. The summed E-state index contributed by atoms with van der Waals surface area (Å²) in [7, 11) is 0. The average Bonchev–Trinajstić information content (AvgIpc) is 2.29. The normalized spacial score (nSPS) is 9.67. The van der Waals surface area contributed by atoms with E-state index in [2.05, 4.69) is 33.1 Å². The predicted molar refractivity (Wildman–Crippen MR) is 73.5 cm³/mol. The molecule has 1 aromatic rings. The van der Waals surface area contributed by atoms with Crippen molar-refractivity contribution >= 4 is 45.2 Å². The van der Waals surface area contributed by atoms with Crippen LogP contribution in [-0.4, -0.2) is 23.7 Å². The summed E-state index contributed by atoms with van der Waals surface area (Å²) in [5, 5.41) is 14.0. The maximum atomic E-state index is 11.5. The highest BCUT2D eigenvalue weighted by Gasteiger charge is 2.09. The minimum absolute atomic E-state index is 0.0413. The summed E-state index contributed by atoms with van der Waals surface area (Å²) in [4.78, 5) is 22.2. The first kappa shape index (κ1) is 14.5. The Morgan fingerprint density at radius 3 is 2.67 bits per heavy atom. The van der Waals surface area contributed by atoms with Gasteiger partial charge in [-0.3, -0.25) is 0 Å². The zero-order chi connectivity index (χ0) is 13.7. The van der Waals surface area contributed by atoms with Gasteiger partial charge in [0.05, 0.1) is 22.8 Å². The third-order valence-corrected chi connectivity index (χ3v) is 2.51. The number of rotatable bonds is 4. The van der Waals surface area contributed by atoms with Gasteiger partial charge in [0.1, 0.15) is 0 Å². The number of aromatic carboxylic acids is 1. The van der Waals surface area contributed by atoms with Crippen molar-refractivity contribution in [3.05, 3.63) is 39.8 Å². The quantitative estimate of drug-likeness (QED) is 0.792. The van der Waals surface area contributed by atoms with Crippen molar-refractivity contribution in [2.45, 2.75) is 0 Å². The zero-order valence-corrected chi connectivity index (χ0v) is 11.5. The lowest BCUT2D eigenvalue weighted by atomic mass is 10.2. The predicted octanol–water partition coefficient (Wildman–Crippen LogP) is 3.07. The van der Waals surface area contributed by atoms with E-state index in [0.717, 1.165) is 0 Å². The molecule has 2 amide bonds. The lowest BCUT2D eigenvalue weighted by molar-refractivity contribution is 0.0697. The van der Waals surface area contributed by atoms with E-state index in [0.29, 0.717) is 4.48 Å². The summed E-state index contributed by atoms with van der Waals surface area (Å²) >= 11 is 8.94. The summed E-state index contributed by atoms with van der Waals surface area (Å²) in [6.07, 6.45) is 0. The van der Waals surface area contributed by atoms with Crippen LogP contribution in [0.15, 0.2) is 29.3 Å². The van der Waals surface area contributed by atoms with E-state index >= 15 is 0 Å². The van der Waals surface area contributed by atoms with Crippen molar-refractivity contribution in [3.63, 3.8) is 0 Å². The number of hydrogen-bond acceptors (Lipinski definition) is 2. The van der Waals surface area contributed by atoms with Gasteiger partial charge >= 0.3 is 12.0 Å². The lowest BCUT2D eigenvalue weighted by Gasteiger charge is -2.09. The lowest BCUT2D eigenvalue weighted by Crippen LogP contribution is -2.29. The maximum absolute atomic E-state index is 11.5. The first-order valence-electron chi connectivity index (χ1n) is 4.81. The molecule has 5 nitrogen and oxygen atoms in total. The number of carboxylic acids is 1. The molecule has 0 saturated heterocycles. The monoisotopic (exact) mass is 332 g/mol. The molecular weight excluding hydrogens is 323 g/mol. The number of carbonyl (C=O) groups is 2. The van der Waals surface area contributed by atoms with Crippen LogP contribution < -0.4 is 10.6 Å². The average molecular weight is 334 g/mol. The molecule has 1 rings (SSSR count). The van der Waals surface area contributed by atoms with Gasteiger partial charge in [-0.2, -0.15) is 0 Å². The van der Waals surface area contributed by atoms with Crippen molar-refractivity contribution in [3.8, 4) is 0 Å². The molecule has 0 heterocycles. The number of halogens is 2. The molecule has 7 heteroatoms. The fourth-order valence-electron chi connectivity index (χ4n) is 1.10. The Balaban J connectivity index is 2.77. The standard InChI is InChI=1S/C11H10BrClN2O3/c1-6(12)5-14-11(18)15-9-4-7(10(16)17)2-3-8(9)13/h2-4H,1,5H2,(H,16,17)(H2,14,15,18). The SMILES string of the molecule is C=C(Br)CNC(=O)Nc1cc(C(=O)O)ccc1Cl. The van der Waals surface area contributed by atoms with Crippen LogP contribution in [0, 0.1) is 0 Å². The fraction of sp³-hybridized carbons (Fsp3) is 0.0909. The number of benzene rings is 1. The van der Waals surface area contributed by atoms with Gasteiger partial charge in [-0.15, -0.1) is 0 Å². The third-order valence-electron chi connectivity index (χ3n) is 1.90. The molecule has 3 N–H and O–H groups in total. The minimum atomic E-state index is -1.09. The number of nitrogens with one attached hydrogen (secondary N) is 2. The molecular formula is C11H10BrClN2O3. The molecule has 0 unspecified atom stereocenters. The molecule has 1 aromatic carbocycles. The smallest absolute Gasteiger partial charge is 0.335 e. The van der Waals surface area contributed by atoms with Gasteiger partial charge in [0, 0.05) is 4.48 Å². The number of urea groups is 1.